The molecule has 0 amide bonds. The number of aryl methyl sites for hydroxylation is 1. The van der Waals surface area contributed by atoms with Crippen molar-refractivity contribution in [2.75, 3.05) is 7.11 Å². The van der Waals surface area contributed by atoms with E-state index in [2.05, 4.69) is 21.4 Å². The van der Waals surface area contributed by atoms with E-state index in [1.807, 2.05) is 66.2 Å². The third-order valence-corrected chi connectivity index (χ3v) is 5.62. The summed E-state index contributed by atoms with van der Waals surface area (Å²) in [6.07, 6.45) is 0. The van der Waals surface area contributed by atoms with E-state index in [0.717, 1.165) is 37.8 Å². The predicted molar refractivity (Wildman–Crippen MR) is 109 cm³/mol. The number of benzene rings is 2. The lowest BCUT2D eigenvalue weighted by Crippen LogP contribution is -1.94. The van der Waals surface area contributed by atoms with E-state index in [1.54, 1.807) is 18.4 Å². The van der Waals surface area contributed by atoms with E-state index in [1.165, 1.54) is 0 Å². The lowest BCUT2D eigenvalue weighted by molar-refractivity contribution is 0.415. The largest absolute Gasteiger partial charge is 0.497 e. The third-order valence-electron chi connectivity index (χ3n) is 4.52. The fourth-order valence-electron chi connectivity index (χ4n) is 3.07. The first-order valence-corrected chi connectivity index (χ1v) is 9.57. The molecular formula is C21H16N4O2S. The summed E-state index contributed by atoms with van der Waals surface area (Å²) in [5.41, 5.74) is 2.85. The second kappa shape index (κ2) is 6.61. The van der Waals surface area contributed by atoms with Crippen molar-refractivity contribution in [2.24, 2.45) is 0 Å². The molecule has 0 aliphatic rings. The smallest absolute Gasteiger partial charge is 0.258 e. The summed E-state index contributed by atoms with van der Waals surface area (Å²) in [4.78, 5) is 1.98. The van der Waals surface area contributed by atoms with Crippen LogP contribution in [0.2, 0.25) is 0 Å². The van der Waals surface area contributed by atoms with Crippen LogP contribution in [0.3, 0.4) is 0 Å². The zero-order chi connectivity index (χ0) is 19.1. The highest BCUT2D eigenvalue weighted by atomic mass is 32.1. The molecule has 0 spiro atoms. The molecule has 0 aliphatic carbocycles. The van der Waals surface area contributed by atoms with E-state index in [4.69, 9.17) is 9.15 Å². The number of fused-ring (bicyclic) bond motifs is 1. The minimum absolute atomic E-state index is 0.483. The molecular weight excluding hydrogens is 372 g/mol. The Hall–Kier alpha value is -3.45. The number of ether oxygens (including phenoxy) is 1. The van der Waals surface area contributed by atoms with Crippen molar-refractivity contribution in [3.63, 3.8) is 0 Å². The summed E-state index contributed by atoms with van der Waals surface area (Å²) < 4.78 is 13.1. The summed E-state index contributed by atoms with van der Waals surface area (Å²) in [5.74, 6) is 1.77. The standard InChI is InChI=1S/C21H16N4O2S/c1-13-17-12-18(28-21(17)25(24-13)15-6-4-3-5-7-15)20-23-22-19(27-20)14-8-10-16(26-2)11-9-14/h3-12H,1-2H3. The van der Waals surface area contributed by atoms with Gasteiger partial charge in [-0.3, -0.25) is 0 Å². The third kappa shape index (κ3) is 2.76. The van der Waals surface area contributed by atoms with Crippen LogP contribution in [-0.4, -0.2) is 27.1 Å². The van der Waals surface area contributed by atoms with Crippen molar-refractivity contribution in [1.82, 2.24) is 20.0 Å². The van der Waals surface area contributed by atoms with Crippen molar-refractivity contribution in [3.05, 3.63) is 66.4 Å². The normalized spacial score (nSPS) is 11.2. The lowest BCUT2D eigenvalue weighted by atomic mass is 10.2. The second-order valence-electron chi connectivity index (χ2n) is 6.30. The molecule has 0 aliphatic heterocycles. The van der Waals surface area contributed by atoms with Crippen LogP contribution in [0.15, 0.2) is 65.1 Å². The van der Waals surface area contributed by atoms with Crippen LogP contribution < -0.4 is 4.74 Å². The lowest BCUT2D eigenvalue weighted by Gasteiger charge is -2.00. The Kier molecular flexibility index (Phi) is 3.95. The van der Waals surface area contributed by atoms with Gasteiger partial charge in [0.25, 0.3) is 5.89 Å². The van der Waals surface area contributed by atoms with E-state index in [9.17, 15) is 0 Å². The molecule has 0 bridgehead atoms. The van der Waals surface area contributed by atoms with Gasteiger partial charge >= 0.3 is 0 Å². The zero-order valence-corrected chi connectivity index (χ0v) is 16.1. The van der Waals surface area contributed by atoms with Gasteiger partial charge in [-0.1, -0.05) is 18.2 Å². The van der Waals surface area contributed by atoms with Crippen LogP contribution in [0.4, 0.5) is 0 Å². The molecule has 0 saturated carbocycles. The van der Waals surface area contributed by atoms with Gasteiger partial charge in [0.2, 0.25) is 5.89 Å². The molecule has 5 rings (SSSR count). The molecule has 28 heavy (non-hydrogen) atoms. The highest BCUT2D eigenvalue weighted by Crippen LogP contribution is 2.36. The Labute approximate surface area is 165 Å². The first-order valence-electron chi connectivity index (χ1n) is 8.76. The Morgan fingerprint density at radius 2 is 1.71 bits per heavy atom. The molecule has 3 heterocycles. The zero-order valence-electron chi connectivity index (χ0n) is 15.3. The van der Waals surface area contributed by atoms with Crippen LogP contribution in [0, 0.1) is 6.92 Å². The molecule has 138 valence electrons. The summed E-state index contributed by atoms with van der Waals surface area (Å²) in [6.45, 7) is 2.01. The number of nitrogens with zero attached hydrogens (tertiary/aromatic N) is 4. The number of aromatic nitrogens is 4. The van der Waals surface area contributed by atoms with Gasteiger partial charge in [-0.15, -0.1) is 21.5 Å². The number of hydrogen-bond acceptors (Lipinski definition) is 6. The predicted octanol–water partition coefficient (Wildman–Crippen LogP) is 5.12. The maximum Gasteiger partial charge on any atom is 0.258 e. The van der Waals surface area contributed by atoms with Crippen LogP contribution >= 0.6 is 11.3 Å². The second-order valence-corrected chi connectivity index (χ2v) is 7.33. The molecule has 5 aromatic rings. The maximum atomic E-state index is 5.93. The molecule has 0 saturated heterocycles. The van der Waals surface area contributed by atoms with E-state index >= 15 is 0 Å². The van der Waals surface area contributed by atoms with Gasteiger partial charge in [-0.05, 0) is 49.4 Å². The monoisotopic (exact) mass is 388 g/mol. The minimum atomic E-state index is 0.483. The van der Waals surface area contributed by atoms with E-state index < -0.39 is 0 Å². The van der Waals surface area contributed by atoms with Gasteiger partial charge in [-0.2, -0.15) is 5.10 Å². The SMILES string of the molecule is COc1ccc(-c2nnc(-c3cc4c(C)nn(-c5ccccc5)c4s3)o2)cc1. The van der Waals surface area contributed by atoms with E-state index in [0.29, 0.717) is 11.8 Å². The summed E-state index contributed by atoms with van der Waals surface area (Å²) in [5, 5.41) is 14.2. The number of rotatable bonds is 4. The maximum absolute atomic E-state index is 5.93. The quantitative estimate of drug-likeness (QED) is 0.427. The molecule has 7 heteroatoms. The minimum Gasteiger partial charge on any atom is -0.497 e. The van der Waals surface area contributed by atoms with Crippen molar-refractivity contribution >= 4 is 21.6 Å². The number of para-hydroxylation sites is 1. The van der Waals surface area contributed by atoms with Gasteiger partial charge in [0.1, 0.15) is 10.6 Å². The van der Waals surface area contributed by atoms with Crippen molar-refractivity contribution in [1.29, 1.82) is 0 Å². The van der Waals surface area contributed by atoms with E-state index in [-0.39, 0.29) is 0 Å². The van der Waals surface area contributed by atoms with Gasteiger partial charge in [0.05, 0.1) is 23.4 Å². The molecule has 0 radical (unpaired) electrons. The molecule has 3 aromatic heterocycles. The van der Waals surface area contributed by atoms with Crippen LogP contribution in [-0.2, 0) is 0 Å². The average molecular weight is 388 g/mol. The molecule has 0 fully saturated rings. The molecule has 6 nitrogen and oxygen atoms in total. The topological polar surface area (TPSA) is 66.0 Å². The number of hydrogen-bond donors (Lipinski definition) is 0. The molecule has 0 atom stereocenters. The molecule has 0 unspecified atom stereocenters. The first kappa shape index (κ1) is 16.7. The van der Waals surface area contributed by atoms with Gasteiger partial charge in [-0.25, -0.2) is 4.68 Å². The molecule has 0 N–H and O–H groups in total. The Bertz CT molecular complexity index is 1250. The fraction of sp³-hybridized carbons (Fsp3) is 0.0952. The average Bonchev–Trinajstić information content (AvgIpc) is 3.45. The Morgan fingerprint density at radius 1 is 0.964 bits per heavy atom. The van der Waals surface area contributed by atoms with Crippen LogP contribution in [0.25, 0.3) is 38.1 Å². The number of methoxy groups -OCH3 is 1. The van der Waals surface area contributed by atoms with Gasteiger partial charge in [0, 0.05) is 10.9 Å². The van der Waals surface area contributed by atoms with Crippen LogP contribution in [0.1, 0.15) is 5.69 Å². The first-order chi connectivity index (χ1) is 13.7. The fourth-order valence-corrected chi connectivity index (χ4v) is 4.17. The van der Waals surface area contributed by atoms with Gasteiger partial charge in [0.15, 0.2) is 0 Å². The van der Waals surface area contributed by atoms with Crippen molar-refractivity contribution in [2.45, 2.75) is 6.92 Å². The highest BCUT2D eigenvalue weighted by Gasteiger charge is 2.18. The van der Waals surface area contributed by atoms with Crippen LogP contribution in [0.5, 0.6) is 5.75 Å². The van der Waals surface area contributed by atoms with Gasteiger partial charge < -0.3 is 9.15 Å². The van der Waals surface area contributed by atoms with Crippen molar-refractivity contribution < 1.29 is 9.15 Å². The summed E-state index contributed by atoms with van der Waals surface area (Å²) in [6, 6.07) is 19.7. The highest BCUT2D eigenvalue weighted by molar-refractivity contribution is 7.21. The Morgan fingerprint density at radius 3 is 2.46 bits per heavy atom. The molecule has 2 aromatic carbocycles. The summed E-state index contributed by atoms with van der Waals surface area (Å²) in [7, 11) is 1.64. The number of thiophene rings is 1. The van der Waals surface area contributed by atoms with Crippen molar-refractivity contribution in [3.8, 4) is 33.7 Å². The Balaban J connectivity index is 1.54. The summed E-state index contributed by atoms with van der Waals surface area (Å²) >= 11 is 1.59.